The lowest BCUT2D eigenvalue weighted by Gasteiger charge is -2.24. The maximum absolute atomic E-state index is 12.7. The summed E-state index contributed by atoms with van der Waals surface area (Å²) in [5.74, 6) is -0.412. The molecule has 2 aliphatic carbocycles. The van der Waals surface area contributed by atoms with E-state index in [9.17, 15) is 8.42 Å². The molecule has 9 aromatic rings. The average Bonchev–Trinajstić information content (AvgIpc) is 4.37. The number of halogens is 4. The largest absolute Gasteiger partial charge is 0.508 e. The van der Waals surface area contributed by atoms with Crippen LogP contribution in [0.5, 0.6) is 11.5 Å². The predicted octanol–water partition coefficient (Wildman–Crippen LogP) is 12.1. The van der Waals surface area contributed by atoms with Gasteiger partial charge >= 0.3 is 0 Å². The third-order valence-electron chi connectivity index (χ3n) is 14.2. The van der Waals surface area contributed by atoms with Crippen LogP contribution in [0.1, 0.15) is 58.2 Å². The Balaban J connectivity index is 0.000000135. The number of phenolic OH excluding ortho intramolecular Hbond substituents is 1. The molecular weight excluding hydrogens is 1180 g/mol. The van der Waals surface area contributed by atoms with E-state index in [2.05, 4.69) is 66.3 Å². The molecule has 3 aromatic carbocycles. The van der Waals surface area contributed by atoms with Crippen molar-refractivity contribution in [2.24, 2.45) is 11.8 Å². The molecule has 4 fully saturated rings. The predicted molar refractivity (Wildman–Crippen MR) is 297 cm³/mol. The van der Waals surface area contributed by atoms with E-state index in [1.165, 1.54) is 12.7 Å². The standard InChI is InChI=1S/C24H22BrClN4O3.C22H24ClN3O5S.C9H6BrNO/c1-24(2)32-20-14(11-31-16-4-3-13-7-15(25)10-27-18(13)9-16)8-19(21(20)33-24)30-6-5-17-22(26)28-12-29-23(17)30;1-13-4-6-15(7-5-13)32(27,28)29-11-14-10-17(19-18(14)30-22(2,3)31-19)26-9-8-16-20(23)24-12-25-21(16)26;10-7-3-6-1-2-8(12)4-9(6)11-5-7/h3-7,9-10,12,14,19-21H,8,11H2,1-2H3;4-9,12,14,17-19H,10-11H2,1-3H3;1-5,12H/t14-,19-,20-,21+;14-,17-,18-,19+;/m11./s1. The van der Waals surface area contributed by atoms with Crippen molar-refractivity contribution >= 4 is 109 Å². The quantitative estimate of drug-likeness (QED) is 0.106. The molecule has 2 aliphatic heterocycles. The van der Waals surface area contributed by atoms with Gasteiger partial charge < -0.3 is 37.9 Å². The summed E-state index contributed by atoms with van der Waals surface area (Å²) in [5.41, 5.74) is 4.19. The fourth-order valence-electron chi connectivity index (χ4n) is 10.8. The molecule has 2 saturated carbocycles. The van der Waals surface area contributed by atoms with Crippen LogP contribution in [-0.4, -0.2) is 102 Å². The lowest BCUT2D eigenvalue weighted by molar-refractivity contribution is -0.161. The molecule has 17 nitrogen and oxygen atoms in total. The topological polar surface area (TPSA) is 197 Å². The zero-order chi connectivity index (χ0) is 54.0. The minimum atomic E-state index is -3.87. The molecule has 2 saturated heterocycles. The molecule has 0 radical (unpaired) electrons. The van der Waals surface area contributed by atoms with Gasteiger partial charge in [0, 0.05) is 68.5 Å². The fraction of sp³-hybridized carbons (Fsp3) is 0.345. The number of pyridine rings is 2. The SMILES string of the molecule is CC1(C)O[C@@H]2[C@@H](COc3ccc4cc(Br)cnc4c3)C[C@@H](n3ccc4c(Cl)ncnc43)[C@@H]2O1.Cc1ccc(S(=O)(=O)OC[C@H]2C[C@@H](n3ccc4c(Cl)ncnc43)[C@@H]3OC(C)(C)O[C@H]23)cc1.Oc1ccc2cc(Br)cnc2c1. The third kappa shape index (κ3) is 11.3. The second kappa shape index (κ2) is 21.3. The summed E-state index contributed by atoms with van der Waals surface area (Å²) in [6, 6.07) is 25.5. The van der Waals surface area contributed by atoms with Gasteiger partial charge in [0.15, 0.2) is 11.6 Å². The van der Waals surface area contributed by atoms with E-state index in [4.69, 9.17) is 56.2 Å². The molecule has 0 bridgehead atoms. The van der Waals surface area contributed by atoms with E-state index < -0.39 is 21.7 Å². The number of rotatable bonds is 9. The zero-order valence-corrected chi connectivity index (χ0v) is 47.7. The van der Waals surface area contributed by atoms with Crippen LogP contribution in [-0.2, 0) is 33.2 Å². The number of aromatic hydroxyl groups is 1. The first kappa shape index (κ1) is 53.6. The van der Waals surface area contributed by atoms with E-state index in [1.54, 1.807) is 48.8 Å². The zero-order valence-electron chi connectivity index (χ0n) is 42.2. The van der Waals surface area contributed by atoms with Gasteiger partial charge in [-0.25, -0.2) is 19.9 Å². The Morgan fingerprint density at radius 3 is 1.68 bits per heavy atom. The van der Waals surface area contributed by atoms with Gasteiger partial charge in [0.2, 0.25) is 0 Å². The Morgan fingerprint density at radius 2 is 1.13 bits per heavy atom. The number of benzene rings is 3. The van der Waals surface area contributed by atoms with E-state index in [-0.39, 0.29) is 65.6 Å². The monoisotopic (exact) mass is 1230 g/mol. The molecule has 77 heavy (non-hydrogen) atoms. The van der Waals surface area contributed by atoms with Gasteiger partial charge in [-0.2, -0.15) is 8.42 Å². The minimum Gasteiger partial charge on any atom is -0.508 e. The summed E-state index contributed by atoms with van der Waals surface area (Å²) in [4.78, 5) is 25.8. The Labute approximate surface area is 470 Å². The molecule has 8 heterocycles. The van der Waals surface area contributed by atoms with E-state index in [1.807, 2.05) is 100 Å². The highest BCUT2D eigenvalue weighted by atomic mass is 79.9. The van der Waals surface area contributed by atoms with E-state index >= 15 is 0 Å². The second-order valence-corrected chi connectivity index (χ2v) is 24.6. The summed E-state index contributed by atoms with van der Waals surface area (Å²) in [7, 11) is -3.87. The number of aromatic nitrogens is 8. The summed E-state index contributed by atoms with van der Waals surface area (Å²) >= 11 is 19.3. The van der Waals surface area contributed by atoms with Crippen molar-refractivity contribution < 1.29 is 41.4 Å². The first-order chi connectivity index (χ1) is 36.8. The summed E-state index contributed by atoms with van der Waals surface area (Å²) in [5, 5.41) is 13.7. The van der Waals surface area contributed by atoms with Crippen LogP contribution in [0.15, 0.2) is 136 Å². The van der Waals surface area contributed by atoms with E-state index in [0.29, 0.717) is 29.0 Å². The first-order valence-corrected chi connectivity index (χ1v) is 28.6. The van der Waals surface area contributed by atoms with Crippen molar-refractivity contribution in [1.82, 2.24) is 39.0 Å². The number of aryl methyl sites for hydroxylation is 1. The van der Waals surface area contributed by atoms with Crippen molar-refractivity contribution in [3.05, 3.63) is 147 Å². The van der Waals surface area contributed by atoms with Crippen LogP contribution in [0.3, 0.4) is 0 Å². The average molecular weight is 1230 g/mol. The van der Waals surface area contributed by atoms with Crippen molar-refractivity contribution in [3.63, 3.8) is 0 Å². The molecule has 13 rings (SSSR count). The smallest absolute Gasteiger partial charge is 0.296 e. The molecule has 400 valence electrons. The molecule has 0 unspecified atom stereocenters. The Hall–Kier alpha value is -5.39. The first-order valence-electron chi connectivity index (χ1n) is 24.8. The maximum Gasteiger partial charge on any atom is 0.296 e. The van der Waals surface area contributed by atoms with Crippen molar-refractivity contribution in [1.29, 1.82) is 0 Å². The number of ether oxygens (including phenoxy) is 5. The van der Waals surface area contributed by atoms with Crippen LogP contribution in [0.25, 0.3) is 43.9 Å². The maximum atomic E-state index is 12.7. The van der Waals surface area contributed by atoms with E-state index in [0.717, 1.165) is 64.9 Å². The lowest BCUT2D eigenvalue weighted by Crippen LogP contribution is -2.29. The van der Waals surface area contributed by atoms with Gasteiger partial charge in [-0.3, -0.25) is 14.2 Å². The Bertz CT molecular complexity index is 3740. The van der Waals surface area contributed by atoms with Crippen LogP contribution in [0.2, 0.25) is 10.3 Å². The van der Waals surface area contributed by atoms with Gasteiger partial charge in [0.1, 0.15) is 58.0 Å². The van der Waals surface area contributed by atoms with Crippen molar-refractivity contribution in [2.45, 2.75) is 100 Å². The number of nitrogens with zero attached hydrogens (tertiary/aromatic N) is 8. The van der Waals surface area contributed by atoms with Gasteiger partial charge in [-0.1, -0.05) is 40.9 Å². The number of phenols is 1. The highest BCUT2D eigenvalue weighted by Crippen LogP contribution is 2.50. The Morgan fingerprint density at radius 1 is 0.636 bits per heavy atom. The van der Waals surface area contributed by atoms with Gasteiger partial charge in [0.25, 0.3) is 10.1 Å². The van der Waals surface area contributed by atoms with Gasteiger partial charge in [-0.05, 0) is 140 Å². The van der Waals surface area contributed by atoms with Crippen LogP contribution in [0.4, 0.5) is 0 Å². The molecular formula is C55H52Br2Cl2N8O9S. The normalized spacial score (nSPS) is 24.1. The van der Waals surface area contributed by atoms with Crippen molar-refractivity contribution in [2.75, 3.05) is 13.2 Å². The van der Waals surface area contributed by atoms with Crippen LogP contribution >= 0.6 is 55.1 Å². The molecule has 1 N–H and O–H groups in total. The number of hydrogen-bond acceptors (Lipinski definition) is 15. The van der Waals surface area contributed by atoms with Crippen molar-refractivity contribution in [3.8, 4) is 11.5 Å². The molecule has 8 atom stereocenters. The highest BCUT2D eigenvalue weighted by molar-refractivity contribution is 9.10. The van der Waals surface area contributed by atoms with Gasteiger partial charge in [0.05, 0.1) is 64.2 Å². The summed E-state index contributed by atoms with van der Waals surface area (Å²) in [6.07, 6.45) is 11.0. The van der Waals surface area contributed by atoms with Gasteiger partial charge in [-0.15, -0.1) is 0 Å². The number of fused-ring (bicyclic) bond motifs is 6. The molecule has 6 aromatic heterocycles. The van der Waals surface area contributed by atoms with Crippen LogP contribution in [0, 0.1) is 18.8 Å². The molecule has 4 aliphatic rings. The molecule has 0 amide bonds. The Kier molecular flexibility index (Phi) is 14.9. The molecule has 0 spiro atoms. The second-order valence-electron chi connectivity index (χ2n) is 20.4. The summed E-state index contributed by atoms with van der Waals surface area (Å²) in [6.45, 7) is 10.1. The van der Waals surface area contributed by atoms with Crippen LogP contribution < -0.4 is 4.74 Å². The molecule has 22 heteroatoms. The highest BCUT2D eigenvalue weighted by Gasteiger charge is 2.56. The summed E-state index contributed by atoms with van der Waals surface area (Å²) < 4.78 is 68.3. The third-order valence-corrected chi connectivity index (χ3v) is 17.0. The lowest BCUT2D eigenvalue weighted by atomic mass is 10.1. The minimum absolute atomic E-state index is 0.00224. The number of hydrogen-bond donors (Lipinski definition) is 1. The fourth-order valence-corrected chi connectivity index (χ4v) is 12.8.